The van der Waals surface area contributed by atoms with Crippen LogP contribution in [0.5, 0.6) is 0 Å². The van der Waals surface area contributed by atoms with Gasteiger partial charge in [0.1, 0.15) is 0 Å². The summed E-state index contributed by atoms with van der Waals surface area (Å²) in [6.45, 7) is 4.98. The first-order valence-electron chi connectivity index (χ1n) is 11.2. The van der Waals surface area contributed by atoms with E-state index >= 15 is 0 Å². The van der Waals surface area contributed by atoms with E-state index in [1.807, 2.05) is 18.2 Å². The summed E-state index contributed by atoms with van der Waals surface area (Å²) >= 11 is 0. The predicted octanol–water partition coefficient (Wildman–Crippen LogP) is 6.16. The first-order chi connectivity index (χ1) is 13.6. The number of aliphatic hydroxyl groups is 1. The summed E-state index contributed by atoms with van der Waals surface area (Å²) in [5.74, 6) is 0.952. The monoisotopic (exact) mass is 379 g/mol. The van der Waals surface area contributed by atoms with Gasteiger partial charge in [0, 0.05) is 23.1 Å². The number of carbonyl (C=O) groups is 1. The smallest absolute Gasteiger partial charge is 0.256 e. The van der Waals surface area contributed by atoms with Crippen LogP contribution in [-0.2, 0) is 0 Å². The fraction of sp³-hybridized carbons (Fsp3) is 0.560. The molecule has 3 nitrogen and oxygen atoms in total. The molecule has 0 saturated heterocycles. The molecule has 28 heavy (non-hydrogen) atoms. The van der Waals surface area contributed by atoms with Gasteiger partial charge in [-0.05, 0) is 48.1 Å². The van der Waals surface area contributed by atoms with Gasteiger partial charge in [-0.25, -0.2) is 0 Å². The van der Waals surface area contributed by atoms with Crippen molar-refractivity contribution in [3.63, 3.8) is 0 Å². The van der Waals surface area contributed by atoms with E-state index in [4.69, 9.17) is 0 Å². The van der Waals surface area contributed by atoms with Crippen LogP contribution in [0.1, 0.15) is 98.8 Å². The number of unbranched alkanes of at least 4 members (excludes halogenated alkanes) is 1. The van der Waals surface area contributed by atoms with Crippen molar-refractivity contribution in [2.75, 3.05) is 6.54 Å². The Morgan fingerprint density at radius 2 is 1.89 bits per heavy atom. The van der Waals surface area contributed by atoms with Crippen molar-refractivity contribution < 1.29 is 9.90 Å². The Hall–Kier alpha value is -1.87. The van der Waals surface area contributed by atoms with Crippen molar-refractivity contribution in [3.8, 4) is 0 Å². The molecule has 1 saturated carbocycles. The average molecular weight is 380 g/mol. The van der Waals surface area contributed by atoms with Gasteiger partial charge in [0.25, 0.3) is 5.91 Å². The lowest BCUT2D eigenvalue weighted by atomic mass is 9.80. The second-order valence-electron chi connectivity index (χ2n) is 8.89. The highest BCUT2D eigenvalue weighted by atomic mass is 16.3. The first kappa shape index (κ1) is 19.4. The third kappa shape index (κ3) is 3.45. The van der Waals surface area contributed by atoms with Gasteiger partial charge >= 0.3 is 0 Å². The maximum absolute atomic E-state index is 13.3. The number of amides is 1. The van der Waals surface area contributed by atoms with E-state index in [0.29, 0.717) is 18.4 Å². The van der Waals surface area contributed by atoms with E-state index < -0.39 is 6.23 Å². The van der Waals surface area contributed by atoms with Crippen LogP contribution < -0.4 is 0 Å². The lowest BCUT2D eigenvalue weighted by molar-refractivity contribution is -0.00149. The molecule has 1 aliphatic heterocycles. The Morgan fingerprint density at radius 1 is 1.11 bits per heavy atom. The van der Waals surface area contributed by atoms with E-state index in [2.05, 4.69) is 26.0 Å². The summed E-state index contributed by atoms with van der Waals surface area (Å²) < 4.78 is 0. The molecule has 0 spiro atoms. The van der Waals surface area contributed by atoms with Gasteiger partial charge in [-0.2, -0.15) is 0 Å². The maximum Gasteiger partial charge on any atom is 0.256 e. The number of hydrogen-bond donors (Lipinski definition) is 1. The van der Waals surface area contributed by atoms with E-state index in [0.717, 1.165) is 35.8 Å². The molecule has 2 aromatic carbocycles. The molecular formula is C25H33NO2. The summed E-state index contributed by atoms with van der Waals surface area (Å²) in [6.07, 6.45) is 8.95. The van der Waals surface area contributed by atoms with Crippen LogP contribution in [0.25, 0.3) is 10.8 Å². The van der Waals surface area contributed by atoms with Crippen LogP contribution in [0, 0.1) is 5.92 Å². The molecule has 2 aliphatic rings. The number of hydrogen-bond acceptors (Lipinski definition) is 2. The van der Waals surface area contributed by atoms with E-state index in [1.54, 1.807) is 4.90 Å². The van der Waals surface area contributed by atoms with Crippen molar-refractivity contribution in [3.05, 3.63) is 47.0 Å². The van der Waals surface area contributed by atoms with Crippen LogP contribution in [0.4, 0.5) is 0 Å². The van der Waals surface area contributed by atoms with Crippen molar-refractivity contribution in [1.82, 2.24) is 4.90 Å². The zero-order chi connectivity index (χ0) is 19.7. The van der Waals surface area contributed by atoms with Gasteiger partial charge in [-0.15, -0.1) is 0 Å². The Balaban J connectivity index is 1.71. The Labute approximate surface area is 168 Å². The predicted molar refractivity (Wildman–Crippen MR) is 114 cm³/mol. The molecule has 1 N–H and O–H groups in total. The molecule has 2 atom stereocenters. The molecule has 0 radical (unpaired) electrons. The summed E-state index contributed by atoms with van der Waals surface area (Å²) in [4.78, 5) is 15.0. The van der Waals surface area contributed by atoms with Gasteiger partial charge in [0.05, 0.1) is 0 Å². The molecule has 2 aromatic rings. The molecule has 150 valence electrons. The normalized spacial score (nSPS) is 21.3. The van der Waals surface area contributed by atoms with E-state index in [1.165, 1.54) is 43.1 Å². The van der Waals surface area contributed by atoms with E-state index in [9.17, 15) is 9.90 Å². The highest BCUT2D eigenvalue weighted by Crippen LogP contribution is 2.42. The molecule has 1 fully saturated rings. The van der Waals surface area contributed by atoms with Crippen LogP contribution in [0.2, 0.25) is 0 Å². The van der Waals surface area contributed by atoms with Crippen molar-refractivity contribution in [1.29, 1.82) is 0 Å². The Kier molecular flexibility index (Phi) is 5.73. The van der Waals surface area contributed by atoms with Crippen molar-refractivity contribution >= 4 is 16.7 Å². The molecule has 0 aromatic heterocycles. The van der Waals surface area contributed by atoms with Gasteiger partial charge < -0.3 is 10.0 Å². The number of carbonyl (C=O) groups excluding carboxylic acids is 1. The topological polar surface area (TPSA) is 40.5 Å². The lowest BCUT2D eigenvalue weighted by Crippen LogP contribution is -2.40. The fourth-order valence-corrected chi connectivity index (χ4v) is 5.22. The van der Waals surface area contributed by atoms with Crippen LogP contribution >= 0.6 is 0 Å². The molecule has 2 unspecified atom stereocenters. The maximum atomic E-state index is 13.3. The number of benzene rings is 2. The summed E-state index contributed by atoms with van der Waals surface area (Å²) in [5, 5.41) is 13.2. The molecule has 1 amide bonds. The minimum atomic E-state index is -0.839. The fourth-order valence-electron chi connectivity index (χ4n) is 5.22. The number of nitrogens with zero attached hydrogens (tertiary/aromatic N) is 1. The molecular weight excluding hydrogens is 346 g/mol. The third-order valence-corrected chi connectivity index (χ3v) is 6.78. The van der Waals surface area contributed by atoms with Gasteiger partial charge in [0.15, 0.2) is 6.23 Å². The largest absolute Gasteiger partial charge is 0.369 e. The van der Waals surface area contributed by atoms with Crippen LogP contribution in [-0.4, -0.2) is 22.5 Å². The van der Waals surface area contributed by atoms with E-state index in [-0.39, 0.29) is 5.91 Å². The molecule has 0 bridgehead atoms. The zero-order valence-electron chi connectivity index (χ0n) is 17.3. The summed E-state index contributed by atoms with van der Waals surface area (Å²) in [5.41, 5.74) is 3.02. The molecule has 4 rings (SSSR count). The van der Waals surface area contributed by atoms with Gasteiger partial charge in [0.2, 0.25) is 0 Å². The second-order valence-corrected chi connectivity index (χ2v) is 8.89. The van der Waals surface area contributed by atoms with Gasteiger partial charge in [-0.1, -0.05) is 70.2 Å². The van der Waals surface area contributed by atoms with Gasteiger partial charge in [-0.3, -0.25) is 4.79 Å². The number of aliphatic hydroxyl groups excluding tert-OH is 1. The van der Waals surface area contributed by atoms with Crippen molar-refractivity contribution in [2.24, 2.45) is 5.92 Å². The Morgan fingerprint density at radius 3 is 2.64 bits per heavy atom. The highest BCUT2D eigenvalue weighted by molar-refractivity contribution is 6.11. The summed E-state index contributed by atoms with van der Waals surface area (Å²) in [6, 6.07) is 10.4. The third-order valence-electron chi connectivity index (χ3n) is 6.78. The quantitative estimate of drug-likeness (QED) is 0.653. The molecule has 1 heterocycles. The van der Waals surface area contributed by atoms with Crippen LogP contribution in [0.15, 0.2) is 30.3 Å². The highest BCUT2D eigenvalue weighted by Gasteiger charge is 2.34. The standard InChI is InChI=1S/C25H33NO2/c1-3-4-9-17(2)16-26-24(27)21-13-8-12-20-19(18-10-6-5-7-11-18)14-15-22(23(20)21)25(26)28/h8,12-15,17-18,24,27H,3-7,9-11,16H2,1-2H3. The van der Waals surface area contributed by atoms with Crippen molar-refractivity contribution in [2.45, 2.75) is 77.4 Å². The molecule has 1 aliphatic carbocycles. The Bertz CT molecular complexity index is 853. The second kappa shape index (κ2) is 8.24. The summed E-state index contributed by atoms with van der Waals surface area (Å²) in [7, 11) is 0. The van der Waals surface area contributed by atoms with Crippen LogP contribution in [0.3, 0.4) is 0 Å². The zero-order valence-corrected chi connectivity index (χ0v) is 17.3. The minimum Gasteiger partial charge on any atom is -0.369 e. The lowest BCUT2D eigenvalue weighted by Gasteiger charge is -2.36. The number of rotatable bonds is 6. The SMILES string of the molecule is CCCCC(C)CN1C(=O)c2ccc(C3CCCCC3)c3cccc(c23)C1O. The minimum absolute atomic E-state index is 0.0188. The first-order valence-corrected chi connectivity index (χ1v) is 11.2. The average Bonchev–Trinajstić information content (AvgIpc) is 2.73. The molecule has 3 heteroatoms.